The topological polar surface area (TPSA) is 64.3 Å². The molecule has 0 aliphatic rings. The highest BCUT2D eigenvalue weighted by atomic mass is 19.1. The van der Waals surface area contributed by atoms with Crippen molar-refractivity contribution in [2.24, 2.45) is 5.92 Å². The van der Waals surface area contributed by atoms with Gasteiger partial charge in [-0.1, -0.05) is 13.8 Å². The molecule has 4 nitrogen and oxygen atoms in total. The first-order valence-corrected chi connectivity index (χ1v) is 6.10. The van der Waals surface area contributed by atoms with Gasteiger partial charge in [0.1, 0.15) is 5.82 Å². The number of halogens is 1. The normalized spacial score (nSPS) is 10.3. The van der Waals surface area contributed by atoms with Gasteiger partial charge in [-0.05, 0) is 24.1 Å². The van der Waals surface area contributed by atoms with Crippen LogP contribution >= 0.6 is 0 Å². The molecule has 0 unspecified atom stereocenters. The Morgan fingerprint density at radius 2 is 2.21 bits per heavy atom. The number of carboxylic acids is 1. The number of hydrogen-bond donors (Lipinski definition) is 1. The lowest BCUT2D eigenvalue weighted by Gasteiger charge is -2.26. The zero-order valence-electron chi connectivity index (χ0n) is 11.1. The Kier molecular flexibility index (Phi) is 5.31. The molecule has 0 bridgehead atoms. The fourth-order valence-corrected chi connectivity index (χ4v) is 1.83. The van der Waals surface area contributed by atoms with Crippen LogP contribution in [0.4, 0.5) is 10.1 Å². The highest BCUT2D eigenvalue weighted by Crippen LogP contribution is 2.22. The van der Waals surface area contributed by atoms with Gasteiger partial charge in [0.15, 0.2) is 0 Å². The third kappa shape index (κ3) is 4.25. The van der Waals surface area contributed by atoms with E-state index < -0.39 is 11.8 Å². The minimum absolute atomic E-state index is 0.0777. The van der Waals surface area contributed by atoms with Crippen LogP contribution in [-0.2, 0) is 0 Å². The van der Waals surface area contributed by atoms with E-state index in [1.807, 2.05) is 19.9 Å². The number of benzene rings is 1. The summed E-state index contributed by atoms with van der Waals surface area (Å²) in [6.07, 6.45) is 0.298. The smallest absolute Gasteiger partial charge is 0.335 e. The largest absolute Gasteiger partial charge is 0.478 e. The van der Waals surface area contributed by atoms with Gasteiger partial charge in [0.25, 0.3) is 0 Å². The first-order chi connectivity index (χ1) is 8.95. The molecule has 5 heteroatoms. The van der Waals surface area contributed by atoms with Crippen molar-refractivity contribution in [1.29, 1.82) is 5.26 Å². The molecule has 0 aromatic heterocycles. The van der Waals surface area contributed by atoms with Crippen molar-refractivity contribution in [2.75, 3.05) is 18.0 Å². The van der Waals surface area contributed by atoms with Crippen LogP contribution in [0.25, 0.3) is 0 Å². The summed E-state index contributed by atoms with van der Waals surface area (Å²) >= 11 is 0. The van der Waals surface area contributed by atoms with Crippen molar-refractivity contribution in [3.05, 3.63) is 29.6 Å². The van der Waals surface area contributed by atoms with Crippen LogP contribution in [0.5, 0.6) is 0 Å². The minimum atomic E-state index is -1.15. The molecule has 102 valence electrons. The summed E-state index contributed by atoms with van der Waals surface area (Å²) in [7, 11) is 0. The van der Waals surface area contributed by atoms with E-state index in [0.717, 1.165) is 6.07 Å². The van der Waals surface area contributed by atoms with Crippen molar-refractivity contribution < 1.29 is 14.3 Å². The fraction of sp³-hybridized carbons (Fsp3) is 0.429. The van der Waals surface area contributed by atoms with E-state index in [-0.39, 0.29) is 5.56 Å². The number of nitriles is 1. The van der Waals surface area contributed by atoms with Crippen molar-refractivity contribution in [3.63, 3.8) is 0 Å². The number of anilines is 1. The third-order valence-corrected chi connectivity index (χ3v) is 2.61. The van der Waals surface area contributed by atoms with Gasteiger partial charge in [-0.3, -0.25) is 0 Å². The van der Waals surface area contributed by atoms with Crippen LogP contribution in [0.15, 0.2) is 18.2 Å². The molecule has 1 aromatic carbocycles. The van der Waals surface area contributed by atoms with E-state index in [1.54, 1.807) is 4.90 Å². The van der Waals surface area contributed by atoms with Gasteiger partial charge >= 0.3 is 5.97 Å². The van der Waals surface area contributed by atoms with Crippen LogP contribution in [0, 0.1) is 23.1 Å². The summed E-state index contributed by atoms with van der Waals surface area (Å²) in [6, 6.07) is 5.88. The molecular weight excluding hydrogens is 247 g/mol. The summed E-state index contributed by atoms with van der Waals surface area (Å²) < 4.78 is 14.0. The number of hydrogen-bond acceptors (Lipinski definition) is 3. The Hall–Kier alpha value is -2.09. The predicted octanol–water partition coefficient (Wildman–Crippen LogP) is 2.90. The summed E-state index contributed by atoms with van der Waals surface area (Å²) in [6.45, 7) is 5.05. The molecule has 0 saturated heterocycles. The SMILES string of the molecule is CC(C)CN(CCC#N)c1ccc(C(=O)O)cc1F. The van der Waals surface area contributed by atoms with Gasteiger partial charge < -0.3 is 10.0 Å². The van der Waals surface area contributed by atoms with Gasteiger partial charge in [-0.25, -0.2) is 9.18 Å². The van der Waals surface area contributed by atoms with Crippen LogP contribution < -0.4 is 4.90 Å². The van der Waals surface area contributed by atoms with E-state index in [0.29, 0.717) is 31.1 Å². The van der Waals surface area contributed by atoms with Crippen molar-refractivity contribution in [1.82, 2.24) is 0 Å². The standard InChI is InChI=1S/C14H17FN2O2/c1-10(2)9-17(7-3-6-16)13-5-4-11(14(18)19)8-12(13)15/h4-5,8,10H,3,7,9H2,1-2H3,(H,18,19). The highest BCUT2D eigenvalue weighted by molar-refractivity contribution is 5.88. The molecular formula is C14H17FN2O2. The Labute approximate surface area is 112 Å². The number of carbonyl (C=O) groups is 1. The maximum absolute atomic E-state index is 14.0. The van der Waals surface area contributed by atoms with Gasteiger partial charge in [0.05, 0.1) is 23.7 Å². The van der Waals surface area contributed by atoms with Crippen LogP contribution in [0.3, 0.4) is 0 Å². The molecule has 1 aromatic rings. The summed E-state index contributed by atoms with van der Waals surface area (Å²) in [5.41, 5.74) is 0.264. The highest BCUT2D eigenvalue weighted by Gasteiger charge is 2.15. The fourth-order valence-electron chi connectivity index (χ4n) is 1.83. The zero-order chi connectivity index (χ0) is 14.4. The average Bonchev–Trinajstić information content (AvgIpc) is 2.34. The van der Waals surface area contributed by atoms with Gasteiger partial charge in [0, 0.05) is 13.1 Å². The second-order valence-electron chi connectivity index (χ2n) is 4.72. The molecule has 1 N–H and O–H groups in total. The summed E-state index contributed by atoms with van der Waals surface area (Å²) in [5, 5.41) is 17.4. The molecule has 0 spiro atoms. The minimum Gasteiger partial charge on any atom is -0.478 e. The Morgan fingerprint density at radius 1 is 1.53 bits per heavy atom. The molecule has 0 heterocycles. The number of nitrogens with zero attached hydrogens (tertiary/aromatic N) is 2. The summed E-state index contributed by atoms with van der Waals surface area (Å²) in [5.74, 6) is -1.41. The van der Waals surface area contributed by atoms with Crippen molar-refractivity contribution >= 4 is 11.7 Å². The molecule has 0 radical (unpaired) electrons. The Morgan fingerprint density at radius 3 is 2.68 bits per heavy atom. The lowest BCUT2D eigenvalue weighted by Crippen LogP contribution is -2.29. The molecule has 0 saturated carbocycles. The molecule has 0 amide bonds. The lowest BCUT2D eigenvalue weighted by atomic mass is 10.1. The second kappa shape index (κ2) is 6.74. The number of aromatic carboxylic acids is 1. The molecule has 1 rings (SSSR count). The monoisotopic (exact) mass is 264 g/mol. The van der Waals surface area contributed by atoms with Crippen LogP contribution in [0.2, 0.25) is 0 Å². The Balaban J connectivity index is 3.01. The van der Waals surface area contributed by atoms with Crippen molar-refractivity contribution in [3.8, 4) is 6.07 Å². The van der Waals surface area contributed by atoms with Gasteiger partial charge in [0.2, 0.25) is 0 Å². The number of carboxylic acid groups (broad SMARTS) is 1. The van der Waals surface area contributed by atoms with E-state index in [1.165, 1.54) is 12.1 Å². The first kappa shape index (κ1) is 15.0. The van der Waals surface area contributed by atoms with Gasteiger partial charge in [-0.2, -0.15) is 5.26 Å². The molecule has 19 heavy (non-hydrogen) atoms. The maximum atomic E-state index is 14.0. The molecule has 0 aliphatic carbocycles. The van der Waals surface area contributed by atoms with Crippen molar-refractivity contribution in [2.45, 2.75) is 20.3 Å². The van der Waals surface area contributed by atoms with Crippen LogP contribution in [-0.4, -0.2) is 24.2 Å². The van der Waals surface area contributed by atoms with E-state index in [2.05, 4.69) is 0 Å². The van der Waals surface area contributed by atoms with E-state index >= 15 is 0 Å². The lowest BCUT2D eigenvalue weighted by molar-refractivity contribution is 0.0696. The second-order valence-corrected chi connectivity index (χ2v) is 4.72. The Bertz CT molecular complexity index is 495. The molecule has 0 atom stereocenters. The van der Waals surface area contributed by atoms with E-state index in [9.17, 15) is 9.18 Å². The molecule has 0 fully saturated rings. The average molecular weight is 264 g/mol. The first-order valence-electron chi connectivity index (χ1n) is 6.10. The maximum Gasteiger partial charge on any atom is 0.335 e. The third-order valence-electron chi connectivity index (χ3n) is 2.61. The number of rotatable bonds is 6. The predicted molar refractivity (Wildman–Crippen MR) is 70.6 cm³/mol. The van der Waals surface area contributed by atoms with Gasteiger partial charge in [-0.15, -0.1) is 0 Å². The molecule has 0 aliphatic heterocycles. The zero-order valence-corrected chi connectivity index (χ0v) is 11.1. The van der Waals surface area contributed by atoms with Crippen LogP contribution in [0.1, 0.15) is 30.6 Å². The summed E-state index contributed by atoms with van der Waals surface area (Å²) in [4.78, 5) is 12.5. The quantitative estimate of drug-likeness (QED) is 0.858. The van der Waals surface area contributed by atoms with E-state index in [4.69, 9.17) is 10.4 Å².